The Kier molecular flexibility index (Phi) is 3.12. The van der Waals surface area contributed by atoms with Gasteiger partial charge in [0.25, 0.3) is 0 Å². The number of hydrogen-bond donors (Lipinski definition) is 2. The van der Waals surface area contributed by atoms with Crippen LogP contribution in [0.2, 0.25) is 0 Å². The Morgan fingerprint density at radius 1 is 1.19 bits per heavy atom. The molecule has 0 aliphatic heterocycles. The number of carbonyl (C=O) groups is 1. The smallest absolute Gasteiger partial charge is 0.220 e. The van der Waals surface area contributed by atoms with Crippen LogP contribution in [0.1, 0.15) is 10.6 Å². The Balaban J connectivity index is 2.09. The molecule has 3 N–H and O–H groups in total. The highest BCUT2D eigenvalue weighted by molar-refractivity contribution is 5.76. The lowest BCUT2D eigenvalue weighted by Crippen LogP contribution is -1.95. The van der Waals surface area contributed by atoms with Crippen LogP contribution in [0.4, 0.5) is 5.95 Å². The predicted molar refractivity (Wildman–Crippen MR) is 76.6 cm³/mol. The minimum absolute atomic E-state index is 0.0685. The molecule has 0 unspecified atom stereocenters. The molecule has 0 amide bonds. The molecular formula is C15H11N3O3. The Bertz CT molecular complexity index is 811. The van der Waals surface area contributed by atoms with Crippen LogP contribution < -0.4 is 5.73 Å². The number of aldehydes is 1. The Hall–Kier alpha value is -3.15. The molecule has 0 aliphatic rings. The molecule has 0 spiro atoms. The van der Waals surface area contributed by atoms with E-state index in [1.165, 1.54) is 12.3 Å². The van der Waals surface area contributed by atoms with Crippen molar-refractivity contribution in [3.63, 3.8) is 0 Å². The number of phenolic OH excluding ortho intramolecular Hbond substituents is 1. The summed E-state index contributed by atoms with van der Waals surface area (Å²) in [4.78, 5) is 18.6. The third kappa shape index (κ3) is 2.46. The molecule has 21 heavy (non-hydrogen) atoms. The molecule has 1 aromatic carbocycles. The molecule has 3 rings (SSSR count). The number of furan rings is 1. The van der Waals surface area contributed by atoms with Crippen LogP contribution in [-0.2, 0) is 0 Å². The summed E-state index contributed by atoms with van der Waals surface area (Å²) in [6.45, 7) is 0. The molecule has 0 bridgehead atoms. The fourth-order valence-corrected chi connectivity index (χ4v) is 1.99. The zero-order valence-corrected chi connectivity index (χ0v) is 10.9. The minimum Gasteiger partial charge on any atom is -0.507 e. The van der Waals surface area contributed by atoms with Gasteiger partial charge in [0.05, 0.1) is 5.69 Å². The quantitative estimate of drug-likeness (QED) is 0.715. The van der Waals surface area contributed by atoms with Gasteiger partial charge in [0.1, 0.15) is 11.5 Å². The number of carbonyl (C=O) groups excluding carboxylic acids is 1. The van der Waals surface area contributed by atoms with Crippen LogP contribution in [0, 0.1) is 0 Å². The summed E-state index contributed by atoms with van der Waals surface area (Å²) in [5.74, 6) is 0.962. The molecule has 6 heteroatoms. The van der Waals surface area contributed by atoms with Gasteiger partial charge in [-0.25, -0.2) is 9.97 Å². The van der Waals surface area contributed by atoms with Crippen LogP contribution in [0.3, 0.4) is 0 Å². The van der Waals surface area contributed by atoms with E-state index in [2.05, 4.69) is 9.97 Å². The van der Waals surface area contributed by atoms with Crippen molar-refractivity contribution in [1.82, 2.24) is 9.97 Å². The van der Waals surface area contributed by atoms with Crippen molar-refractivity contribution in [3.8, 4) is 28.3 Å². The summed E-state index contributed by atoms with van der Waals surface area (Å²) < 4.78 is 5.37. The normalized spacial score (nSPS) is 10.5. The number of hydrogen-bond acceptors (Lipinski definition) is 6. The van der Waals surface area contributed by atoms with E-state index in [1.54, 1.807) is 30.3 Å². The molecule has 104 valence electrons. The van der Waals surface area contributed by atoms with Gasteiger partial charge in [0, 0.05) is 17.3 Å². The minimum atomic E-state index is 0.0685. The standard InChI is InChI=1S/C15H11N3O3/c16-15-17-6-5-12(18-15)11-7-9(1-3-13(11)20)14-4-2-10(8-19)21-14/h1-8,20H,(H2,16,17,18). The summed E-state index contributed by atoms with van der Waals surface area (Å²) >= 11 is 0. The van der Waals surface area contributed by atoms with Crippen LogP contribution in [-0.4, -0.2) is 21.4 Å². The Labute approximate surface area is 119 Å². The van der Waals surface area contributed by atoms with Gasteiger partial charge in [0.15, 0.2) is 12.0 Å². The predicted octanol–water partition coefficient (Wildman–Crippen LogP) is 2.50. The highest BCUT2D eigenvalue weighted by atomic mass is 16.3. The first-order chi connectivity index (χ1) is 10.2. The fourth-order valence-electron chi connectivity index (χ4n) is 1.99. The third-order valence-corrected chi connectivity index (χ3v) is 2.97. The van der Waals surface area contributed by atoms with Crippen LogP contribution in [0.25, 0.3) is 22.6 Å². The lowest BCUT2D eigenvalue weighted by atomic mass is 10.1. The van der Waals surface area contributed by atoms with Gasteiger partial charge < -0.3 is 15.3 Å². The number of phenols is 1. The molecular weight excluding hydrogens is 270 g/mol. The van der Waals surface area contributed by atoms with Crippen molar-refractivity contribution in [3.05, 3.63) is 48.4 Å². The largest absolute Gasteiger partial charge is 0.507 e. The molecule has 2 aromatic heterocycles. The second-order valence-electron chi connectivity index (χ2n) is 4.35. The van der Waals surface area contributed by atoms with E-state index < -0.39 is 0 Å². The van der Waals surface area contributed by atoms with Gasteiger partial charge >= 0.3 is 0 Å². The van der Waals surface area contributed by atoms with E-state index in [9.17, 15) is 9.90 Å². The number of aromatic hydroxyl groups is 1. The van der Waals surface area contributed by atoms with E-state index in [-0.39, 0.29) is 17.5 Å². The second-order valence-corrected chi connectivity index (χ2v) is 4.35. The van der Waals surface area contributed by atoms with Crippen LogP contribution in [0.5, 0.6) is 5.75 Å². The van der Waals surface area contributed by atoms with E-state index in [1.807, 2.05) is 0 Å². The summed E-state index contributed by atoms with van der Waals surface area (Å²) in [5, 5.41) is 9.99. The Morgan fingerprint density at radius 2 is 2.05 bits per heavy atom. The zero-order chi connectivity index (χ0) is 14.8. The zero-order valence-electron chi connectivity index (χ0n) is 10.9. The molecule has 0 fully saturated rings. The molecule has 3 aromatic rings. The molecule has 0 aliphatic carbocycles. The van der Waals surface area contributed by atoms with Crippen molar-refractivity contribution in [2.75, 3.05) is 5.73 Å². The first-order valence-corrected chi connectivity index (χ1v) is 6.14. The van der Waals surface area contributed by atoms with Gasteiger partial charge in [-0.05, 0) is 36.4 Å². The average Bonchev–Trinajstić information content (AvgIpc) is 2.97. The van der Waals surface area contributed by atoms with Crippen molar-refractivity contribution >= 4 is 12.2 Å². The maximum atomic E-state index is 10.7. The topological polar surface area (TPSA) is 102 Å². The Morgan fingerprint density at radius 3 is 2.76 bits per heavy atom. The summed E-state index contributed by atoms with van der Waals surface area (Å²) in [6, 6.07) is 9.85. The van der Waals surface area contributed by atoms with Crippen molar-refractivity contribution < 1.29 is 14.3 Å². The second kappa shape index (κ2) is 5.09. The summed E-state index contributed by atoms with van der Waals surface area (Å²) in [5.41, 5.74) is 7.28. The molecule has 0 radical (unpaired) electrons. The van der Waals surface area contributed by atoms with Gasteiger partial charge in [0.2, 0.25) is 5.95 Å². The maximum Gasteiger partial charge on any atom is 0.220 e. The molecule has 6 nitrogen and oxygen atoms in total. The average molecular weight is 281 g/mol. The van der Waals surface area contributed by atoms with E-state index >= 15 is 0 Å². The summed E-state index contributed by atoms with van der Waals surface area (Å²) in [7, 11) is 0. The van der Waals surface area contributed by atoms with Gasteiger partial charge in [-0.2, -0.15) is 0 Å². The molecule has 0 atom stereocenters. The molecule has 2 heterocycles. The van der Waals surface area contributed by atoms with Gasteiger partial charge in [-0.1, -0.05) is 0 Å². The fraction of sp³-hybridized carbons (Fsp3) is 0. The highest BCUT2D eigenvalue weighted by Crippen LogP contribution is 2.33. The van der Waals surface area contributed by atoms with Crippen LogP contribution >= 0.6 is 0 Å². The number of nitrogens with zero attached hydrogens (tertiary/aromatic N) is 2. The third-order valence-electron chi connectivity index (χ3n) is 2.97. The number of aromatic nitrogens is 2. The van der Waals surface area contributed by atoms with Crippen molar-refractivity contribution in [2.24, 2.45) is 0 Å². The SMILES string of the molecule is Nc1nccc(-c2cc(-c3ccc(C=O)o3)ccc2O)n1. The van der Waals surface area contributed by atoms with Gasteiger partial charge in [-0.3, -0.25) is 4.79 Å². The number of benzene rings is 1. The van der Waals surface area contributed by atoms with E-state index in [0.717, 1.165) is 0 Å². The first kappa shape index (κ1) is 12.9. The monoisotopic (exact) mass is 281 g/mol. The lowest BCUT2D eigenvalue weighted by Gasteiger charge is -2.06. The lowest BCUT2D eigenvalue weighted by molar-refractivity contribution is 0.110. The molecule has 0 saturated heterocycles. The number of nitrogen functional groups attached to an aromatic ring is 1. The first-order valence-electron chi connectivity index (χ1n) is 6.14. The van der Waals surface area contributed by atoms with Crippen LogP contribution in [0.15, 0.2) is 47.0 Å². The maximum absolute atomic E-state index is 10.7. The highest BCUT2D eigenvalue weighted by Gasteiger charge is 2.11. The van der Waals surface area contributed by atoms with E-state index in [0.29, 0.717) is 28.9 Å². The van der Waals surface area contributed by atoms with E-state index in [4.69, 9.17) is 10.2 Å². The number of anilines is 1. The summed E-state index contributed by atoms with van der Waals surface area (Å²) in [6.07, 6.45) is 2.15. The number of nitrogens with two attached hydrogens (primary N) is 1. The number of rotatable bonds is 3. The van der Waals surface area contributed by atoms with Crippen molar-refractivity contribution in [1.29, 1.82) is 0 Å². The van der Waals surface area contributed by atoms with Crippen molar-refractivity contribution in [2.45, 2.75) is 0 Å². The van der Waals surface area contributed by atoms with Gasteiger partial charge in [-0.15, -0.1) is 0 Å². The molecule has 0 saturated carbocycles.